The molecule has 0 radical (unpaired) electrons. The SMILES string of the molecule is CC(C)(C)c1ccc2c(c1)Sc1cc(C(C)(C)C)ccc1N2c1ccc(I)cc1. The average Bonchev–Trinajstić information content (AvgIpc) is 2.64. The molecule has 3 heteroatoms. The summed E-state index contributed by atoms with van der Waals surface area (Å²) in [7, 11) is 0. The minimum absolute atomic E-state index is 0.136. The Morgan fingerprint density at radius 2 is 1.10 bits per heavy atom. The molecule has 0 aliphatic carbocycles. The summed E-state index contributed by atoms with van der Waals surface area (Å²) in [6, 6.07) is 22.7. The highest BCUT2D eigenvalue weighted by Gasteiger charge is 2.28. The van der Waals surface area contributed by atoms with E-state index < -0.39 is 0 Å². The molecule has 0 N–H and O–H groups in total. The number of anilines is 3. The number of benzene rings is 3. The number of rotatable bonds is 1. The van der Waals surface area contributed by atoms with Gasteiger partial charge in [0.25, 0.3) is 0 Å². The van der Waals surface area contributed by atoms with Crippen LogP contribution >= 0.6 is 34.4 Å². The van der Waals surface area contributed by atoms with Gasteiger partial charge in [-0.2, -0.15) is 0 Å². The minimum Gasteiger partial charge on any atom is -0.308 e. The van der Waals surface area contributed by atoms with Crippen molar-refractivity contribution in [1.29, 1.82) is 0 Å². The highest BCUT2D eigenvalue weighted by atomic mass is 127. The normalized spacial score (nSPS) is 13.8. The lowest BCUT2D eigenvalue weighted by Crippen LogP contribution is -2.18. The Labute approximate surface area is 193 Å². The van der Waals surface area contributed by atoms with Crippen LogP contribution in [0.1, 0.15) is 52.7 Å². The van der Waals surface area contributed by atoms with Crippen molar-refractivity contribution in [1.82, 2.24) is 0 Å². The van der Waals surface area contributed by atoms with E-state index in [2.05, 4.69) is 130 Å². The zero-order valence-electron chi connectivity index (χ0n) is 18.0. The van der Waals surface area contributed by atoms with Crippen molar-refractivity contribution in [2.24, 2.45) is 0 Å². The van der Waals surface area contributed by atoms with E-state index in [0.717, 1.165) is 0 Å². The second kappa shape index (κ2) is 7.35. The Balaban J connectivity index is 1.92. The predicted octanol–water partition coefficient (Wildman–Crippen LogP) is 8.82. The topological polar surface area (TPSA) is 3.24 Å². The molecule has 4 rings (SSSR count). The van der Waals surface area contributed by atoms with Crippen LogP contribution in [0.25, 0.3) is 0 Å². The van der Waals surface area contributed by atoms with Gasteiger partial charge in [-0.05, 0) is 93.1 Å². The van der Waals surface area contributed by atoms with E-state index in [0.29, 0.717) is 0 Å². The van der Waals surface area contributed by atoms with Gasteiger partial charge in [0, 0.05) is 19.0 Å². The summed E-state index contributed by atoms with van der Waals surface area (Å²) in [5.41, 5.74) is 6.76. The lowest BCUT2D eigenvalue weighted by atomic mass is 9.86. The van der Waals surface area contributed by atoms with Crippen LogP contribution in [0.3, 0.4) is 0 Å². The molecule has 29 heavy (non-hydrogen) atoms. The fraction of sp³-hybridized carbons (Fsp3) is 0.308. The zero-order valence-corrected chi connectivity index (χ0v) is 21.0. The first-order chi connectivity index (χ1) is 13.5. The van der Waals surface area contributed by atoms with Gasteiger partial charge in [0.2, 0.25) is 0 Å². The van der Waals surface area contributed by atoms with E-state index >= 15 is 0 Å². The second-order valence-corrected chi connectivity index (χ2v) is 12.1. The van der Waals surface area contributed by atoms with Crippen LogP contribution < -0.4 is 4.90 Å². The summed E-state index contributed by atoms with van der Waals surface area (Å²) in [5, 5.41) is 0. The monoisotopic (exact) mass is 513 g/mol. The van der Waals surface area contributed by atoms with E-state index in [9.17, 15) is 0 Å². The maximum atomic E-state index is 2.41. The number of nitrogens with zero attached hydrogens (tertiary/aromatic N) is 1. The third-order valence-electron chi connectivity index (χ3n) is 5.44. The number of halogens is 1. The molecule has 0 spiro atoms. The Kier molecular flexibility index (Phi) is 5.27. The van der Waals surface area contributed by atoms with Crippen LogP contribution in [0.4, 0.5) is 17.1 Å². The quantitative estimate of drug-likeness (QED) is 0.234. The van der Waals surface area contributed by atoms with Crippen molar-refractivity contribution in [2.75, 3.05) is 4.90 Å². The Morgan fingerprint density at radius 1 is 0.655 bits per heavy atom. The maximum absolute atomic E-state index is 2.41. The fourth-order valence-corrected chi connectivity index (χ4v) is 5.11. The molecule has 0 saturated carbocycles. The molecule has 0 unspecified atom stereocenters. The molecule has 0 aromatic heterocycles. The first-order valence-corrected chi connectivity index (χ1v) is 12.0. The standard InChI is InChI=1S/C26H28INS/c1-25(2,3)17-7-13-21-23(15-17)29-24-16-18(26(4,5)6)8-14-22(24)28(21)20-11-9-19(27)10-12-20/h7-16H,1-6H3. The molecule has 0 fully saturated rings. The van der Waals surface area contributed by atoms with Crippen molar-refractivity contribution in [3.8, 4) is 0 Å². The lowest BCUT2D eigenvalue weighted by Gasteiger charge is -2.35. The number of hydrogen-bond acceptors (Lipinski definition) is 2. The second-order valence-electron chi connectivity index (χ2n) is 9.78. The summed E-state index contributed by atoms with van der Waals surface area (Å²) in [4.78, 5) is 5.07. The van der Waals surface area contributed by atoms with Crippen LogP contribution in [0.2, 0.25) is 0 Å². The van der Waals surface area contributed by atoms with Gasteiger partial charge >= 0.3 is 0 Å². The van der Waals surface area contributed by atoms with Crippen LogP contribution in [0, 0.1) is 3.57 Å². The third kappa shape index (κ3) is 4.09. The van der Waals surface area contributed by atoms with Crippen molar-refractivity contribution in [2.45, 2.75) is 62.2 Å². The van der Waals surface area contributed by atoms with Gasteiger partial charge in [-0.1, -0.05) is 65.4 Å². The Hall–Kier alpha value is -1.46. The molecule has 3 aromatic rings. The molecule has 0 atom stereocenters. The number of fused-ring (bicyclic) bond motifs is 2. The minimum atomic E-state index is 0.136. The molecule has 1 heterocycles. The van der Waals surface area contributed by atoms with Crippen molar-refractivity contribution < 1.29 is 0 Å². The van der Waals surface area contributed by atoms with E-state index in [1.807, 2.05) is 11.8 Å². The molecule has 1 aliphatic heterocycles. The Bertz CT molecular complexity index is 992. The summed E-state index contributed by atoms with van der Waals surface area (Å²) < 4.78 is 1.25. The molecule has 0 bridgehead atoms. The summed E-state index contributed by atoms with van der Waals surface area (Å²) >= 11 is 4.27. The Morgan fingerprint density at radius 3 is 1.52 bits per heavy atom. The van der Waals surface area contributed by atoms with Crippen molar-refractivity contribution >= 4 is 51.4 Å². The molecular weight excluding hydrogens is 485 g/mol. The fourth-order valence-electron chi connectivity index (χ4n) is 3.61. The zero-order chi connectivity index (χ0) is 21.0. The average molecular weight is 513 g/mol. The van der Waals surface area contributed by atoms with Gasteiger partial charge in [-0.3, -0.25) is 0 Å². The van der Waals surface area contributed by atoms with E-state index in [1.165, 1.54) is 41.6 Å². The van der Waals surface area contributed by atoms with Crippen LogP contribution in [-0.4, -0.2) is 0 Å². The number of hydrogen-bond donors (Lipinski definition) is 0. The van der Waals surface area contributed by atoms with Crippen LogP contribution in [0.15, 0.2) is 70.5 Å². The first kappa shape index (κ1) is 20.8. The van der Waals surface area contributed by atoms with Gasteiger partial charge in [0.05, 0.1) is 11.4 Å². The van der Waals surface area contributed by atoms with Gasteiger partial charge in [-0.15, -0.1) is 0 Å². The highest BCUT2D eigenvalue weighted by molar-refractivity contribution is 14.1. The largest absolute Gasteiger partial charge is 0.308 e. The molecule has 1 nitrogen and oxygen atoms in total. The molecule has 1 aliphatic rings. The highest BCUT2D eigenvalue weighted by Crippen LogP contribution is 2.52. The van der Waals surface area contributed by atoms with Crippen molar-refractivity contribution in [3.63, 3.8) is 0 Å². The van der Waals surface area contributed by atoms with Gasteiger partial charge in [-0.25, -0.2) is 0 Å². The van der Waals surface area contributed by atoms with E-state index in [1.54, 1.807) is 0 Å². The van der Waals surface area contributed by atoms with E-state index in [-0.39, 0.29) is 10.8 Å². The van der Waals surface area contributed by atoms with E-state index in [4.69, 9.17) is 0 Å². The molecule has 150 valence electrons. The third-order valence-corrected chi connectivity index (χ3v) is 7.25. The smallest absolute Gasteiger partial charge is 0.0601 e. The lowest BCUT2D eigenvalue weighted by molar-refractivity contribution is 0.588. The predicted molar refractivity (Wildman–Crippen MR) is 135 cm³/mol. The first-order valence-electron chi connectivity index (χ1n) is 10.1. The van der Waals surface area contributed by atoms with Crippen LogP contribution in [-0.2, 0) is 10.8 Å². The maximum Gasteiger partial charge on any atom is 0.0601 e. The summed E-state index contributed by atoms with van der Waals surface area (Å²) in [6.07, 6.45) is 0. The van der Waals surface area contributed by atoms with Gasteiger partial charge in [0.1, 0.15) is 0 Å². The van der Waals surface area contributed by atoms with Gasteiger partial charge < -0.3 is 4.90 Å². The molecule has 0 amide bonds. The summed E-state index contributed by atoms with van der Waals surface area (Å²) in [6.45, 7) is 13.7. The molecule has 3 aromatic carbocycles. The van der Waals surface area contributed by atoms with Crippen LogP contribution in [0.5, 0.6) is 0 Å². The van der Waals surface area contributed by atoms with Gasteiger partial charge in [0.15, 0.2) is 0 Å². The molecule has 0 saturated heterocycles. The summed E-state index contributed by atoms with van der Waals surface area (Å²) in [5.74, 6) is 0. The molecular formula is C26H28INS. The van der Waals surface area contributed by atoms with Crippen molar-refractivity contribution in [3.05, 3.63) is 75.4 Å².